The quantitative estimate of drug-likeness (QED) is 0.741. The van der Waals surface area contributed by atoms with Gasteiger partial charge in [0.05, 0.1) is 18.0 Å². The molecule has 1 aliphatic heterocycles. The van der Waals surface area contributed by atoms with E-state index in [1.807, 2.05) is 23.1 Å². The molecule has 8 heteroatoms. The molecule has 166 valence electrons. The van der Waals surface area contributed by atoms with Gasteiger partial charge in [-0.25, -0.2) is 17.5 Å². The lowest BCUT2D eigenvalue weighted by Crippen LogP contribution is -2.49. The smallest absolute Gasteiger partial charge is 0.225 e. The summed E-state index contributed by atoms with van der Waals surface area (Å²) in [6, 6.07) is 11.2. The molecule has 1 amide bonds. The molecule has 31 heavy (non-hydrogen) atoms. The summed E-state index contributed by atoms with van der Waals surface area (Å²) in [6.45, 7) is 0.538. The molecule has 1 aromatic carbocycles. The van der Waals surface area contributed by atoms with Crippen LogP contribution in [0.2, 0.25) is 0 Å². The summed E-state index contributed by atoms with van der Waals surface area (Å²) in [5.74, 6) is -0.168. The third-order valence-corrected chi connectivity index (χ3v) is 6.98. The highest BCUT2D eigenvalue weighted by Crippen LogP contribution is 2.31. The molecule has 4 rings (SSSR count). The maximum absolute atomic E-state index is 13.6. The minimum Gasteiger partial charge on any atom is -0.337 e. The summed E-state index contributed by atoms with van der Waals surface area (Å²) in [4.78, 5) is 19.7. The van der Waals surface area contributed by atoms with Crippen molar-refractivity contribution < 1.29 is 17.6 Å². The van der Waals surface area contributed by atoms with E-state index in [4.69, 9.17) is 0 Å². The van der Waals surface area contributed by atoms with E-state index in [-0.39, 0.29) is 29.7 Å². The highest BCUT2D eigenvalue weighted by molar-refractivity contribution is 7.88. The van der Waals surface area contributed by atoms with E-state index in [1.54, 1.807) is 12.1 Å². The zero-order valence-corrected chi connectivity index (χ0v) is 18.4. The highest BCUT2D eigenvalue weighted by atomic mass is 32.2. The number of hydrogen-bond donors (Lipinski definition) is 1. The van der Waals surface area contributed by atoms with Gasteiger partial charge in [-0.2, -0.15) is 0 Å². The molecule has 2 heterocycles. The molecule has 1 aliphatic carbocycles. The van der Waals surface area contributed by atoms with E-state index in [2.05, 4.69) is 9.71 Å². The number of pyridine rings is 1. The fraction of sp³-hybridized carbons (Fsp3) is 0.478. The Labute approximate surface area is 182 Å². The molecule has 0 radical (unpaired) electrons. The summed E-state index contributed by atoms with van der Waals surface area (Å²) in [5.41, 5.74) is 2.08. The number of carbonyl (C=O) groups excluding carboxylic acids is 1. The second-order valence-electron chi connectivity index (χ2n) is 8.59. The molecule has 2 aliphatic rings. The van der Waals surface area contributed by atoms with E-state index in [9.17, 15) is 17.6 Å². The average molecular weight is 446 g/mol. The number of hydrogen-bond acceptors (Lipinski definition) is 4. The van der Waals surface area contributed by atoms with E-state index >= 15 is 0 Å². The van der Waals surface area contributed by atoms with Crippen LogP contribution in [0.1, 0.15) is 37.8 Å². The topological polar surface area (TPSA) is 79.4 Å². The second kappa shape index (κ2) is 9.04. The summed E-state index contributed by atoms with van der Waals surface area (Å²) in [6.07, 6.45) is 6.11. The highest BCUT2D eigenvalue weighted by Gasteiger charge is 2.41. The Bertz CT molecular complexity index is 1050. The largest absolute Gasteiger partial charge is 0.337 e. The Kier molecular flexibility index (Phi) is 6.39. The van der Waals surface area contributed by atoms with E-state index in [0.29, 0.717) is 30.6 Å². The maximum atomic E-state index is 13.6. The Morgan fingerprint density at radius 3 is 2.61 bits per heavy atom. The van der Waals surface area contributed by atoms with Crippen LogP contribution in [0.15, 0.2) is 42.5 Å². The number of sulfonamides is 1. The predicted octanol–water partition coefficient (Wildman–Crippen LogP) is 3.14. The number of nitrogens with zero attached hydrogens (tertiary/aromatic N) is 2. The van der Waals surface area contributed by atoms with E-state index in [0.717, 1.165) is 37.6 Å². The lowest BCUT2D eigenvalue weighted by molar-refractivity contribution is -0.136. The van der Waals surface area contributed by atoms with Crippen molar-refractivity contribution in [1.29, 1.82) is 0 Å². The van der Waals surface area contributed by atoms with Crippen molar-refractivity contribution in [3.05, 3.63) is 54.0 Å². The summed E-state index contributed by atoms with van der Waals surface area (Å²) in [7, 11) is -3.41. The molecular weight excluding hydrogens is 417 g/mol. The van der Waals surface area contributed by atoms with Gasteiger partial charge in [0.1, 0.15) is 5.82 Å². The van der Waals surface area contributed by atoms with Crippen LogP contribution in [0, 0.1) is 11.7 Å². The molecule has 1 saturated heterocycles. The maximum Gasteiger partial charge on any atom is 0.225 e. The van der Waals surface area contributed by atoms with Gasteiger partial charge < -0.3 is 4.90 Å². The first-order valence-electron chi connectivity index (χ1n) is 10.8. The molecular formula is C23H28FN3O3S. The van der Waals surface area contributed by atoms with Crippen LogP contribution in [0.5, 0.6) is 0 Å². The van der Waals surface area contributed by atoms with Crippen LogP contribution in [-0.4, -0.2) is 49.1 Å². The van der Waals surface area contributed by atoms with Crippen LogP contribution < -0.4 is 4.72 Å². The fourth-order valence-corrected chi connectivity index (χ4v) is 5.64. The molecule has 1 saturated carbocycles. The first-order chi connectivity index (χ1) is 14.8. The van der Waals surface area contributed by atoms with Crippen LogP contribution in [0.3, 0.4) is 0 Å². The van der Waals surface area contributed by atoms with Crippen molar-refractivity contribution in [3.8, 4) is 11.3 Å². The standard InChI is InChI=1S/C23H28FN3O3S/c1-31(29,30)26-21-12-13-27(23(28)16-6-2-3-7-16)22(21)15-19-10-5-11-20(25-19)17-8-4-9-18(24)14-17/h4-5,8-11,14,16,21-22,26H,2-3,6-7,12-13,15H2,1H3/t21-,22-/m0/s1. The van der Waals surface area contributed by atoms with Crippen molar-refractivity contribution in [3.63, 3.8) is 0 Å². The molecule has 2 fully saturated rings. The van der Waals surface area contributed by atoms with Crippen molar-refractivity contribution in [2.75, 3.05) is 12.8 Å². The second-order valence-corrected chi connectivity index (χ2v) is 10.4. The predicted molar refractivity (Wildman–Crippen MR) is 117 cm³/mol. The molecule has 0 spiro atoms. The third kappa shape index (κ3) is 5.30. The van der Waals surface area contributed by atoms with Gasteiger partial charge in [-0.3, -0.25) is 9.78 Å². The number of halogens is 1. The molecule has 2 aromatic rings. The Hall–Kier alpha value is -2.32. The molecule has 6 nitrogen and oxygen atoms in total. The average Bonchev–Trinajstić information content (AvgIpc) is 3.38. The number of rotatable bonds is 6. The van der Waals surface area contributed by atoms with Gasteiger partial charge in [-0.05, 0) is 43.5 Å². The summed E-state index contributed by atoms with van der Waals surface area (Å²) in [5, 5.41) is 0. The summed E-state index contributed by atoms with van der Waals surface area (Å²) < 4.78 is 40.2. The van der Waals surface area contributed by atoms with Gasteiger partial charge in [0.15, 0.2) is 0 Å². The number of amides is 1. The lowest BCUT2D eigenvalue weighted by atomic mass is 10.0. The monoisotopic (exact) mass is 445 g/mol. The summed E-state index contributed by atoms with van der Waals surface area (Å²) >= 11 is 0. The third-order valence-electron chi connectivity index (χ3n) is 6.24. The Balaban J connectivity index is 1.60. The van der Waals surface area contributed by atoms with E-state index < -0.39 is 10.0 Å². The molecule has 2 atom stereocenters. The van der Waals surface area contributed by atoms with Crippen molar-refractivity contribution in [2.45, 2.75) is 50.6 Å². The fourth-order valence-electron chi connectivity index (χ4n) is 4.82. The lowest BCUT2D eigenvalue weighted by Gasteiger charge is -2.30. The molecule has 1 aromatic heterocycles. The van der Waals surface area contributed by atoms with Crippen molar-refractivity contribution in [2.24, 2.45) is 5.92 Å². The number of nitrogens with one attached hydrogen (secondary N) is 1. The SMILES string of the molecule is CS(=O)(=O)N[C@H]1CCN(C(=O)C2CCCC2)[C@H]1Cc1cccc(-c2cccc(F)c2)n1. The number of likely N-dealkylation sites (tertiary alicyclic amines) is 1. The van der Waals surface area contributed by atoms with Gasteiger partial charge in [0.25, 0.3) is 0 Å². The van der Waals surface area contributed by atoms with E-state index in [1.165, 1.54) is 12.1 Å². The van der Waals surface area contributed by atoms with Crippen LogP contribution in [0.4, 0.5) is 4.39 Å². The molecule has 1 N–H and O–H groups in total. The van der Waals surface area contributed by atoms with Gasteiger partial charge in [-0.15, -0.1) is 0 Å². The normalized spacial score (nSPS) is 22.2. The zero-order valence-electron chi connectivity index (χ0n) is 17.6. The molecule has 0 unspecified atom stereocenters. The minimum atomic E-state index is -3.41. The number of carbonyl (C=O) groups is 1. The first kappa shape index (κ1) is 21.9. The van der Waals surface area contributed by atoms with Gasteiger partial charge in [0.2, 0.25) is 15.9 Å². The Morgan fingerprint density at radius 1 is 1.16 bits per heavy atom. The van der Waals surface area contributed by atoms with Crippen molar-refractivity contribution >= 4 is 15.9 Å². The number of aromatic nitrogens is 1. The zero-order chi connectivity index (χ0) is 22.0. The number of benzene rings is 1. The van der Waals surface area contributed by atoms with Crippen LogP contribution in [-0.2, 0) is 21.2 Å². The van der Waals surface area contributed by atoms with Gasteiger partial charge >= 0.3 is 0 Å². The van der Waals surface area contributed by atoms with Crippen molar-refractivity contribution in [1.82, 2.24) is 14.6 Å². The first-order valence-corrected chi connectivity index (χ1v) is 12.7. The molecule has 0 bridgehead atoms. The van der Waals surface area contributed by atoms with Crippen LogP contribution >= 0.6 is 0 Å². The van der Waals surface area contributed by atoms with Gasteiger partial charge in [-0.1, -0.05) is 31.0 Å². The Morgan fingerprint density at radius 2 is 1.90 bits per heavy atom. The minimum absolute atomic E-state index is 0.0334. The van der Waals surface area contributed by atoms with Crippen LogP contribution in [0.25, 0.3) is 11.3 Å². The van der Waals surface area contributed by atoms with Gasteiger partial charge in [0, 0.05) is 36.2 Å².